The van der Waals surface area contributed by atoms with Crippen LogP contribution in [0.15, 0.2) is 30.3 Å². The Morgan fingerprint density at radius 1 is 1.28 bits per heavy atom. The van der Waals surface area contributed by atoms with Gasteiger partial charge in [-0.15, -0.1) is 0 Å². The van der Waals surface area contributed by atoms with Gasteiger partial charge in [0.15, 0.2) is 6.54 Å². The van der Waals surface area contributed by atoms with Gasteiger partial charge in [0.05, 0.1) is 7.05 Å². The van der Waals surface area contributed by atoms with Crippen LogP contribution in [0.5, 0.6) is 0 Å². The number of para-hydroxylation sites is 1. The number of amides is 1. The first-order valence-electron chi connectivity index (χ1n) is 5.79. The molecule has 0 bridgehead atoms. The third-order valence-corrected chi connectivity index (χ3v) is 2.50. The number of rotatable bonds is 3. The summed E-state index contributed by atoms with van der Waals surface area (Å²) >= 11 is 0. The molecular weight excluding hydrogens is 230 g/mol. The van der Waals surface area contributed by atoms with Gasteiger partial charge >= 0.3 is 6.09 Å². The van der Waals surface area contributed by atoms with E-state index in [0.29, 0.717) is 5.69 Å². The first-order valence-corrected chi connectivity index (χ1v) is 5.79. The first-order chi connectivity index (χ1) is 8.29. The lowest BCUT2D eigenvalue weighted by Crippen LogP contribution is -2.53. The average molecular weight is 249 g/mol. The molecule has 0 heterocycles. The Hall–Kier alpha value is -1.68. The van der Waals surface area contributed by atoms with Gasteiger partial charge in [-0.1, -0.05) is 18.2 Å². The molecule has 0 saturated carbocycles. The fourth-order valence-corrected chi connectivity index (χ4v) is 1.51. The number of likely N-dealkylation sites (N-methyl/N-ethyl adjacent to an activating group) is 1. The van der Waals surface area contributed by atoms with Crippen LogP contribution in [0.25, 0.3) is 0 Å². The Kier molecular flexibility index (Phi) is 4.24. The summed E-state index contributed by atoms with van der Waals surface area (Å²) in [5.74, 6) is 0. The molecule has 0 aliphatic heterocycles. The van der Waals surface area contributed by atoms with E-state index >= 15 is 0 Å². The Bertz CT molecular complexity index is 422. The van der Waals surface area contributed by atoms with Gasteiger partial charge in [-0.25, -0.2) is 0 Å². The van der Waals surface area contributed by atoms with Crippen LogP contribution in [0.1, 0.15) is 20.8 Å². The van der Waals surface area contributed by atoms with Crippen molar-refractivity contribution >= 4 is 18.1 Å². The van der Waals surface area contributed by atoms with E-state index in [1.807, 2.05) is 18.2 Å². The van der Waals surface area contributed by atoms with Gasteiger partial charge in [0.2, 0.25) is 0 Å². The predicted molar refractivity (Wildman–Crippen MR) is 71.0 cm³/mol. The molecule has 1 aromatic carbocycles. The van der Waals surface area contributed by atoms with Crippen LogP contribution in [0.2, 0.25) is 0 Å². The SMILES string of the molecule is CC(C)(C)OC(=O)[N+](C)(C[C]=O)c1ccccc1. The summed E-state index contributed by atoms with van der Waals surface area (Å²) in [4.78, 5) is 23.0. The molecule has 0 saturated heterocycles. The van der Waals surface area contributed by atoms with Crippen molar-refractivity contribution in [2.75, 3.05) is 13.6 Å². The number of carbonyl (C=O) groups excluding carboxylic acids is 2. The average Bonchev–Trinajstić information content (AvgIpc) is 2.28. The predicted octanol–water partition coefficient (Wildman–Crippen LogP) is 2.67. The lowest BCUT2D eigenvalue weighted by atomic mass is 10.2. The van der Waals surface area contributed by atoms with Crippen LogP contribution in [0.4, 0.5) is 10.5 Å². The Labute approximate surface area is 108 Å². The maximum atomic E-state index is 12.2. The third kappa shape index (κ3) is 3.40. The summed E-state index contributed by atoms with van der Waals surface area (Å²) in [7, 11) is 1.65. The molecule has 4 nitrogen and oxygen atoms in total. The summed E-state index contributed by atoms with van der Waals surface area (Å²) in [6.07, 6.45) is 1.33. The molecule has 1 amide bonds. The van der Waals surface area contributed by atoms with E-state index in [4.69, 9.17) is 4.74 Å². The minimum absolute atomic E-state index is 0.0705. The summed E-state index contributed by atoms with van der Waals surface area (Å²) in [6.45, 7) is 5.32. The lowest BCUT2D eigenvalue weighted by Gasteiger charge is -2.30. The van der Waals surface area contributed by atoms with Crippen LogP contribution in [-0.2, 0) is 9.53 Å². The molecule has 0 aliphatic carbocycles. The zero-order chi connectivity index (χ0) is 13.8. The van der Waals surface area contributed by atoms with Crippen LogP contribution in [0, 0.1) is 0 Å². The fraction of sp³-hybridized carbons (Fsp3) is 0.429. The smallest absolute Gasteiger partial charge is 0.414 e. The number of benzene rings is 1. The second kappa shape index (κ2) is 5.31. The number of carbonyl (C=O) groups is 1. The van der Waals surface area contributed by atoms with Crippen molar-refractivity contribution in [2.24, 2.45) is 0 Å². The fourth-order valence-electron chi connectivity index (χ4n) is 1.51. The third-order valence-electron chi connectivity index (χ3n) is 2.50. The van der Waals surface area contributed by atoms with Crippen LogP contribution in [-0.4, -0.2) is 31.6 Å². The largest absolute Gasteiger partial charge is 0.521 e. The molecule has 0 spiro atoms. The highest BCUT2D eigenvalue weighted by Gasteiger charge is 2.39. The van der Waals surface area contributed by atoms with E-state index in [-0.39, 0.29) is 11.0 Å². The van der Waals surface area contributed by atoms with Crippen LogP contribution in [0.3, 0.4) is 0 Å². The van der Waals surface area contributed by atoms with Gasteiger partial charge in [-0.05, 0) is 32.9 Å². The molecule has 0 aromatic heterocycles. The molecule has 0 fully saturated rings. The number of quaternary nitrogens is 1. The van der Waals surface area contributed by atoms with Gasteiger partial charge < -0.3 is 4.74 Å². The molecule has 1 aromatic rings. The van der Waals surface area contributed by atoms with Crippen LogP contribution < -0.4 is 4.48 Å². The molecular formula is C14H19NO3+. The van der Waals surface area contributed by atoms with E-state index in [1.54, 1.807) is 46.2 Å². The van der Waals surface area contributed by atoms with Crippen molar-refractivity contribution in [1.82, 2.24) is 4.48 Å². The Morgan fingerprint density at radius 3 is 2.28 bits per heavy atom. The molecule has 0 N–H and O–H groups in total. The first kappa shape index (κ1) is 14.4. The molecule has 1 unspecified atom stereocenters. The van der Waals surface area contributed by atoms with Crippen molar-refractivity contribution in [3.63, 3.8) is 0 Å². The maximum Gasteiger partial charge on any atom is 0.521 e. The minimum atomic E-state index is -0.589. The lowest BCUT2D eigenvalue weighted by molar-refractivity contribution is 0.0331. The summed E-state index contributed by atoms with van der Waals surface area (Å²) in [5.41, 5.74) is 0.115. The maximum absolute atomic E-state index is 12.2. The molecule has 1 atom stereocenters. The highest BCUT2D eigenvalue weighted by molar-refractivity contribution is 5.85. The summed E-state index contributed by atoms with van der Waals surface area (Å²) in [6, 6.07) is 9.08. The van der Waals surface area contributed by atoms with Gasteiger partial charge in [-0.3, -0.25) is 4.79 Å². The normalized spacial score (nSPS) is 14.7. The van der Waals surface area contributed by atoms with E-state index < -0.39 is 11.7 Å². The number of hydrogen-bond donors (Lipinski definition) is 0. The molecule has 0 aliphatic rings. The van der Waals surface area contributed by atoms with Crippen molar-refractivity contribution in [1.29, 1.82) is 0 Å². The second-order valence-corrected chi connectivity index (χ2v) is 5.31. The monoisotopic (exact) mass is 249 g/mol. The zero-order valence-corrected chi connectivity index (χ0v) is 11.3. The van der Waals surface area contributed by atoms with Gasteiger partial charge in [-0.2, -0.15) is 9.28 Å². The van der Waals surface area contributed by atoms with E-state index in [9.17, 15) is 9.59 Å². The van der Waals surface area contributed by atoms with Crippen LogP contribution >= 0.6 is 0 Å². The number of nitrogens with zero attached hydrogens (tertiary/aromatic N) is 1. The second-order valence-electron chi connectivity index (χ2n) is 5.31. The number of hydrogen-bond acceptors (Lipinski definition) is 3. The summed E-state index contributed by atoms with van der Waals surface area (Å²) in [5, 5.41) is 0. The van der Waals surface area contributed by atoms with Gasteiger partial charge in [0.1, 0.15) is 11.3 Å². The number of ether oxygens (including phenoxy) is 1. The highest BCUT2D eigenvalue weighted by Crippen LogP contribution is 2.23. The zero-order valence-electron chi connectivity index (χ0n) is 11.3. The highest BCUT2D eigenvalue weighted by atomic mass is 16.6. The van der Waals surface area contributed by atoms with Crippen molar-refractivity contribution < 1.29 is 14.3 Å². The Morgan fingerprint density at radius 2 is 1.83 bits per heavy atom. The minimum Gasteiger partial charge on any atom is -0.414 e. The molecule has 97 valence electrons. The molecule has 1 rings (SSSR count). The summed E-state index contributed by atoms with van der Waals surface area (Å²) < 4.78 is 5.13. The van der Waals surface area contributed by atoms with Crippen molar-refractivity contribution in [3.05, 3.63) is 30.3 Å². The molecule has 4 heteroatoms. The van der Waals surface area contributed by atoms with E-state index in [0.717, 1.165) is 0 Å². The topological polar surface area (TPSA) is 43.4 Å². The van der Waals surface area contributed by atoms with E-state index in [1.165, 1.54) is 0 Å². The van der Waals surface area contributed by atoms with Crippen molar-refractivity contribution in [2.45, 2.75) is 26.4 Å². The molecule has 18 heavy (non-hydrogen) atoms. The van der Waals surface area contributed by atoms with E-state index in [2.05, 4.69) is 0 Å². The van der Waals surface area contributed by atoms with Gasteiger partial charge in [0, 0.05) is 0 Å². The van der Waals surface area contributed by atoms with Crippen molar-refractivity contribution in [3.8, 4) is 0 Å². The Balaban J connectivity index is 3.08. The van der Waals surface area contributed by atoms with Gasteiger partial charge in [0.25, 0.3) is 6.29 Å². The quantitative estimate of drug-likeness (QED) is 0.773. The molecule has 1 radical (unpaired) electrons. The standard InChI is InChI=1S/C14H19NO3/c1-14(2,3)18-13(17)15(4,10-11-16)12-8-6-5-7-9-12/h5-9H,10H2,1-4H3/q+1.